The maximum atomic E-state index is 13.1. The normalized spacial score (nSPS) is 19.5. The van der Waals surface area contributed by atoms with E-state index in [4.69, 9.17) is 4.74 Å². The van der Waals surface area contributed by atoms with Crippen molar-refractivity contribution in [1.82, 2.24) is 10.2 Å². The number of halogens is 1. The van der Waals surface area contributed by atoms with Gasteiger partial charge in [0.05, 0.1) is 17.0 Å². The number of nitrogens with zero attached hydrogens (tertiary/aromatic N) is 2. The molecule has 140 valence electrons. The summed E-state index contributed by atoms with van der Waals surface area (Å²) in [6, 6.07) is 5.97. The number of guanidine groups is 1. The zero-order chi connectivity index (χ0) is 18.5. The summed E-state index contributed by atoms with van der Waals surface area (Å²) in [5.74, 6) is 0.911. The average molecular weight is 371 g/mol. The molecule has 1 heterocycles. The number of benzene rings is 1. The quantitative estimate of drug-likeness (QED) is 0.484. The van der Waals surface area contributed by atoms with Gasteiger partial charge in [-0.3, -0.25) is 0 Å². The van der Waals surface area contributed by atoms with Crippen LogP contribution in [-0.4, -0.2) is 62.6 Å². The molecule has 6 nitrogen and oxygen atoms in total. The Bertz CT molecular complexity index is 720. The lowest BCUT2D eigenvalue weighted by molar-refractivity contribution is 0.322. The van der Waals surface area contributed by atoms with E-state index in [1.54, 1.807) is 26.0 Å². The van der Waals surface area contributed by atoms with Crippen LogP contribution in [0.2, 0.25) is 0 Å². The average Bonchev–Trinajstić information content (AvgIpc) is 2.53. The van der Waals surface area contributed by atoms with Gasteiger partial charge in [0.2, 0.25) is 0 Å². The van der Waals surface area contributed by atoms with Crippen LogP contribution in [0.4, 0.5) is 4.39 Å². The predicted molar refractivity (Wildman–Crippen MR) is 97.3 cm³/mol. The SMILES string of the molecule is CCNC(=NCCOc1cccc(F)c1)N1CCS(=O)(=O)C(C)(C)C1. The van der Waals surface area contributed by atoms with Crippen molar-refractivity contribution in [3.63, 3.8) is 0 Å². The zero-order valence-corrected chi connectivity index (χ0v) is 15.8. The second kappa shape index (κ2) is 8.03. The van der Waals surface area contributed by atoms with Crippen molar-refractivity contribution in [2.45, 2.75) is 25.5 Å². The van der Waals surface area contributed by atoms with Gasteiger partial charge in [0.25, 0.3) is 0 Å². The van der Waals surface area contributed by atoms with Crippen LogP contribution in [0.15, 0.2) is 29.3 Å². The first kappa shape index (κ1) is 19.5. The Labute approximate surface area is 149 Å². The van der Waals surface area contributed by atoms with E-state index in [0.717, 1.165) is 0 Å². The van der Waals surface area contributed by atoms with Crippen molar-refractivity contribution in [2.24, 2.45) is 4.99 Å². The maximum Gasteiger partial charge on any atom is 0.194 e. The van der Waals surface area contributed by atoms with Crippen molar-refractivity contribution < 1.29 is 17.5 Å². The van der Waals surface area contributed by atoms with Crippen LogP contribution in [-0.2, 0) is 9.84 Å². The molecule has 0 radical (unpaired) electrons. The molecule has 0 spiro atoms. The van der Waals surface area contributed by atoms with Crippen molar-refractivity contribution in [3.8, 4) is 5.75 Å². The van der Waals surface area contributed by atoms with Crippen molar-refractivity contribution >= 4 is 15.8 Å². The summed E-state index contributed by atoms with van der Waals surface area (Å²) in [5, 5.41) is 3.19. The van der Waals surface area contributed by atoms with Crippen LogP contribution in [0.5, 0.6) is 5.75 Å². The van der Waals surface area contributed by atoms with Gasteiger partial charge in [-0.05, 0) is 32.9 Å². The molecule has 1 fully saturated rings. The Morgan fingerprint density at radius 3 is 2.84 bits per heavy atom. The minimum Gasteiger partial charge on any atom is -0.492 e. The number of nitrogens with one attached hydrogen (secondary N) is 1. The van der Waals surface area contributed by atoms with E-state index in [0.29, 0.717) is 44.5 Å². The summed E-state index contributed by atoms with van der Waals surface area (Å²) in [7, 11) is -3.09. The summed E-state index contributed by atoms with van der Waals surface area (Å²) in [6.45, 7) is 7.65. The maximum absolute atomic E-state index is 13.1. The number of hydrogen-bond donors (Lipinski definition) is 1. The van der Waals surface area contributed by atoms with Crippen molar-refractivity contribution in [3.05, 3.63) is 30.1 Å². The summed E-state index contributed by atoms with van der Waals surface area (Å²) in [5.41, 5.74) is 0. The van der Waals surface area contributed by atoms with E-state index in [1.807, 2.05) is 11.8 Å². The standard InChI is InChI=1S/C17H26FN3O3S/c1-4-19-16(21-9-11-25(22,23)17(2,3)13-21)20-8-10-24-15-7-5-6-14(18)12-15/h5-7,12H,4,8-11,13H2,1-3H3,(H,19,20). The molecule has 0 saturated carbocycles. The largest absolute Gasteiger partial charge is 0.492 e. The Kier molecular flexibility index (Phi) is 6.26. The molecular weight excluding hydrogens is 345 g/mol. The van der Waals surface area contributed by atoms with Gasteiger partial charge in [-0.2, -0.15) is 0 Å². The molecule has 1 aromatic rings. The van der Waals surface area contributed by atoms with Gasteiger partial charge in [0.1, 0.15) is 18.2 Å². The molecule has 1 aromatic carbocycles. The highest BCUT2D eigenvalue weighted by Gasteiger charge is 2.40. The summed E-state index contributed by atoms with van der Waals surface area (Å²) in [4.78, 5) is 6.47. The number of hydrogen-bond acceptors (Lipinski definition) is 4. The van der Waals surface area contributed by atoms with Gasteiger partial charge >= 0.3 is 0 Å². The molecule has 1 aliphatic heterocycles. The zero-order valence-electron chi connectivity index (χ0n) is 15.0. The third-order valence-electron chi connectivity index (χ3n) is 4.10. The molecular formula is C17H26FN3O3S. The lowest BCUT2D eigenvalue weighted by atomic mass is 10.2. The van der Waals surface area contributed by atoms with E-state index in [1.165, 1.54) is 12.1 Å². The van der Waals surface area contributed by atoms with E-state index < -0.39 is 14.6 Å². The second-order valence-corrected chi connectivity index (χ2v) is 9.28. The molecule has 25 heavy (non-hydrogen) atoms. The lowest BCUT2D eigenvalue weighted by Gasteiger charge is -2.39. The fourth-order valence-electron chi connectivity index (χ4n) is 2.62. The number of ether oxygens (including phenoxy) is 1. The molecule has 2 rings (SSSR count). The lowest BCUT2D eigenvalue weighted by Crippen LogP contribution is -2.57. The summed E-state index contributed by atoms with van der Waals surface area (Å²) < 4.78 is 42.1. The number of aliphatic imine (C=N–C) groups is 1. The summed E-state index contributed by atoms with van der Waals surface area (Å²) >= 11 is 0. The second-order valence-electron chi connectivity index (χ2n) is 6.54. The number of rotatable bonds is 5. The molecule has 0 unspecified atom stereocenters. The molecule has 1 aliphatic rings. The third-order valence-corrected chi connectivity index (χ3v) is 6.63. The minimum atomic E-state index is -3.09. The topological polar surface area (TPSA) is 71.0 Å². The molecule has 1 N–H and O–H groups in total. The van der Waals surface area contributed by atoms with Crippen LogP contribution in [0.1, 0.15) is 20.8 Å². The highest BCUT2D eigenvalue weighted by Crippen LogP contribution is 2.23. The van der Waals surface area contributed by atoms with Crippen molar-refractivity contribution in [1.29, 1.82) is 0 Å². The first-order valence-corrected chi connectivity index (χ1v) is 10.0. The molecule has 8 heteroatoms. The smallest absolute Gasteiger partial charge is 0.194 e. The van der Waals surface area contributed by atoms with Gasteiger partial charge in [0, 0.05) is 25.7 Å². The minimum absolute atomic E-state index is 0.115. The van der Waals surface area contributed by atoms with Gasteiger partial charge in [-0.1, -0.05) is 6.07 Å². The highest BCUT2D eigenvalue weighted by molar-refractivity contribution is 7.92. The fraction of sp³-hybridized carbons (Fsp3) is 0.588. The first-order valence-electron chi connectivity index (χ1n) is 8.39. The third kappa shape index (κ3) is 5.07. The highest BCUT2D eigenvalue weighted by atomic mass is 32.2. The molecule has 0 bridgehead atoms. The molecule has 0 atom stereocenters. The monoisotopic (exact) mass is 371 g/mol. The van der Waals surface area contributed by atoms with Gasteiger partial charge < -0.3 is 15.0 Å². The van der Waals surface area contributed by atoms with Crippen LogP contribution >= 0.6 is 0 Å². The van der Waals surface area contributed by atoms with Crippen LogP contribution in [0, 0.1) is 5.82 Å². The van der Waals surface area contributed by atoms with Crippen LogP contribution in [0.3, 0.4) is 0 Å². The first-order chi connectivity index (χ1) is 11.7. The molecule has 0 aromatic heterocycles. The number of sulfone groups is 1. The van der Waals surface area contributed by atoms with Crippen LogP contribution in [0.25, 0.3) is 0 Å². The Hall–Kier alpha value is -1.83. The van der Waals surface area contributed by atoms with E-state index >= 15 is 0 Å². The Morgan fingerprint density at radius 1 is 1.44 bits per heavy atom. The Balaban J connectivity index is 1.96. The molecule has 1 saturated heterocycles. The van der Waals surface area contributed by atoms with Gasteiger partial charge in [0.15, 0.2) is 15.8 Å². The van der Waals surface area contributed by atoms with Gasteiger partial charge in [-0.25, -0.2) is 17.8 Å². The van der Waals surface area contributed by atoms with Crippen molar-refractivity contribution in [2.75, 3.05) is 38.5 Å². The van der Waals surface area contributed by atoms with E-state index in [-0.39, 0.29) is 11.6 Å². The molecule has 0 amide bonds. The fourth-order valence-corrected chi connectivity index (χ4v) is 3.99. The summed E-state index contributed by atoms with van der Waals surface area (Å²) in [6.07, 6.45) is 0. The van der Waals surface area contributed by atoms with Gasteiger partial charge in [-0.15, -0.1) is 0 Å². The molecule has 0 aliphatic carbocycles. The van der Waals surface area contributed by atoms with E-state index in [2.05, 4.69) is 10.3 Å². The Morgan fingerprint density at radius 2 is 2.20 bits per heavy atom. The predicted octanol–water partition coefficient (Wildman–Crippen LogP) is 1.68. The van der Waals surface area contributed by atoms with Crippen LogP contribution < -0.4 is 10.1 Å². The van der Waals surface area contributed by atoms with E-state index in [9.17, 15) is 12.8 Å².